The van der Waals surface area contributed by atoms with E-state index in [1.807, 2.05) is 23.1 Å². The second-order valence-electron chi connectivity index (χ2n) is 8.31. The second-order valence-corrected chi connectivity index (χ2v) is 9.14. The van der Waals surface area contributed by atoms with Gasteiger partial charge in [-0.25, -0.2) is 0 Å². The van der Waals surface area contributed by atoms with Gasteiger partial charge in [0.2, 0.25) is 0 Å². The van der Waals surface area contributed by atoms with Crippen molar-refractivity contribution in [1.82, 2.24) is 14.9 Å². The molecule has 7 heteroatoms. The van der Waals surface area contributed by atoms with E-state index in [-0.39, 0.29) is 17.8 Å². The minimum atomic E-state index is -0.156. The molecule has 2 aromatic heterocycles. The number of nitrogens with one attached hydrogen (secondary N) is 1. The average molecular weight is 453 g/mol. The molecule has 1 saturated heterocycles. The summed E-state index contributed by atoms with van der Waals surface area (Å²) >= 11 is 12.0. The number of pyridine rings is 1. The van der Waals surface area contributed by atoms with E-state index in [2.05, 4.69) is 33.3 Å². The molecule has 3 heterocycles. The van der Waals surface area contributed by atoms with Crippen molar-refractivity contribution in [2.45, 2.75) is 50.2 Å². The molecule has 0 amide bonds. The summed E-state index contributed by atoms with van der Waals surface area (Å²) in [5.74, 6) is 0.145. The lowest BCUT2D eigenvalue weighted by Crippen LogP contribution is -2.29. The van der Waals surface area contributed by atoms with Gasteiger partial charge in [-0.2, -0.15) is 0 Å². The van der Waals surface area contributed by atoms with Crippen LogP contribution in [0.5, 0.6) is 5.75 Å². The fourth-order valence-corrected chi connectivity index (χ4v) is 5.36. The molecule has 0 radical (unpaired) electrons. The molecule has 1 aliphatic carbocycles. The molecule has 3 aromatic rings. The molecular weight excluding hydrogens is 428 g/mol. The molecule has 0 unspecified atom stereocenters. The van der Waals surface area contributed by atoms with E-state index >= 15 is 0 Å². The summed E-state index contributed by atoms with van der Waals surface area (Å²) in [5.41, 5.74) is 2.64. The number of aromatic nitrogens is 2. The summed E-state index contributed by atoms with van der Waals surface area (Å²) in [6.45, 7) is 0. The Kier molecular flexibility index (Phi) is 5.59. The minimum absolute atomic E-state index is 0.144. The van der Waals surface area contributed by atoms with E-state index in [0.29, 0.717) is 21.9 Å². The zero-order chi connectivity index (χ0) is 21.4. The Morgan fingerprint density at radius 2 is 1.94 bits per heavy atom. The molecular formula is C24H25ClN4OS. The third-order valence-corrected chi connectivity index (χ3v) is 6.92. The number of hydrogen-bond acceptors (Lipinski definition) is 3. The molecule has 2 N–H and O–H groups in total. The number of phenolic OH excluding ortho intramolecular Hbond substituents is 1. The number of nitrogens with zero attached hydrogens (tertiary/aromatic N) is 3. The number of halogens is 1. The van der Waals surface area contributed by atoms with Gasteiger partial charge in [-0.05, 0) is 67.0 Å². The third-order valence-electron chi connectivity index (χ3n) is 6.37. The molecule has 0 spiro atoms. The molecule has 31 heavy (non-hydrogen) atoms. The first-order valence-corrected chi connectivity index (χ1v) is 11.6. The van der Waals surface area contributed by atoms with E-state index in [0.717, 1.165) is 11.3 Å². The number of anilines is 1. The predicted molar refractivity (Wildman–Crippen MR) is 128 cm³/mol. The normalized spacial score (nSPS) is 22.0. The van der Waals surface area contributed by atoms with Crippen molar-refractivity contribution in [1.29, 1.82) is 0 Å². The van der Waals surface area contributed by atoms with Gasteiger partial charge >= 0.3 is 0 Å². The lowest BCUT2D eigenvalue weighted by molar-refractivity contribution is 0.353. The van der Waals surface area contributed by atoms with Crippen LogP contribution < -0.4 is 10.2 Å². The Hall–Kier alpha value is -2.57. The van der Waals surface area contributed by atoms with Crippen molar-refractivity contribution in [2.24, 2.45) is 0 Å². The van der Waals surface area contributed by atoms with Crippen molar-refractivity contribution >= 4 is 34.6 Å². The maximum Gasteiger partial charge on any atom is 0.174 e. The summed E-state index contributed by atoms with van der Waals surface area (Å²) in [7, 11) is 0. The fraction of sp³-hybridized carbons (Fsp3) is 0.333. The van der Waals surface area contributed by atoms with Gasteiger partial charge in [0.1, 0.15) is 5.75 Å². The van der Waals surface area contributed by atoms with Gasteiger partial charge in [0.25, 0.3) is 0 Å². The van der Waals surface area contributed by atoms with Crippen LogP contribution in [0.3, 0.4) is 0 Å². The Labute approximate surface area is 192 Å². The van der Waals surface area contributed by atoms with Gasteiger partial charge in [0.15, 0.2) is 5.11 Å². The number of hydrogen-bond donors (Lipinski definition) is 2. The van der Waals surface area contributed by atoms with Crippen LogP contribution in [0.25, 0.3) is 0 Å². The lowest BCUT2D eigenvalue weighted by Gasteiger charge is -2.28. The first-order valence-electron chi connectivity index (χ1n) is 10.8. The van der Waals surface area contributed by atoms with E-state index in [1.54, 1.807) is 24.4 Å². The topological polar surface area (TPSA) is 53.3 Å². The van der Waals surface area contributed by atoms with Gasteiger partial charge in [0, 0.05) is 29.7 Å². The van der Waals surface area contributed by atoms with Crippen molar-refractivity contribution in [3.8, 4) is 5.75 Å². The molecule has 5 nitrogen and oxygen atoms in total. The summed E-state index contributed by atoms with van der Waals surface area (Å²) in [6, 6.07) is 13.4. The third kappa shape index (κ3) is 3.90. The molecule has 2 aliphatic rings. The minimum Gasteiger partial charge on any atom is -0.506 e. The largest absolute Gasteiger partial charge is 0.506 e. The maximum absolute atomic E-state index is 10.6. The van der Waals surface area contributed by atoms with Crippen LogP contribution in [0.15, 0.2) is 61.1 Å². The van der Waals surface area contributed by atoms with Crippen LogP contribution >= 0.6 is 23.8 Å². The lowest BCUT2D eigenvalue weighted by atomic mass is 9.95. The summed E-state index contributed by atoms with van der Waals surface area (Å²) in [4.78, 5) is 6.56. The number of thiocarbonyl (C=S) groups is 1. The SMILES string of the molecule is Oc1ccc(Cl)cc1N1C(=S)N[C@@H](c2ccccn2)[C@H]1c1ccn(C2CCCCC2)c1. The highest BCUT2D eigenvalue weighted by Crippen LogP contribution is 2.45. The van der Waals surface area contributed by atoms with Crippen LogP contribution in [-0.4, -0.2) is 19.8 Å². The van der Waals surface area contributed by atoms with Gasteiger partial charge < -0.3 is 19.9 Å². The van der Waals surface area contributed by atoms with Crippen LogP contribution in [0.4, 0.5) is 5.69 Å². The molecule has 1 aliphatic heterocycles. The Morgan fingerprint density at radius 1 is 1.10 bits per heavy atom. The number of aromatic hydroxyl groups is 1. The Morgan fingerprint density at radius 3 is 2.71 bits per heavy atom. The van der Waals surface area contributed by atoms with Crippen molar-refractivity contribution in [3.63, 3.8) is 0 Å². The van der Waals surface area contributed by atoms with E-state index in [9.17, 15) is 5.11 Å². The Balaban J connectivity index is 1.58. The van der Waals surface area contributed by atoms with Crippen molar-refractivity contribution in [2.75, 3.05) is 4.90 Å². The zero-order valence-electron chi connectivity index (χ0n) is 17.1. The monoisotopic (exact) mass is 452 g/mol. The molecule has 1 saturated carbocycles. The van der Waals surface area contributed by atoms with Crippen molar-refractivity contribution < 1.29 is 5.11 Å². The van der Waals surface area contributed by atoms with Gasteiger partial charge in [-0.3, -0.25) is 4.98 Å². The van der Waals surface area contributed by atoms with Crippen molar-refractivity contribution in [3.05, 3.63) is 77.3 Å². The van der Waals surface area contributed by atoms with Gasteiger partial charge in [0.05, 0.1) is 23.5 Å². The molecule has 1 aromatic carbocycles. The number of phenols is 1. The smallest absolute Gasteiger partial charge is 0.174 e. The summed E-state index contributed by atoms with van der Waals surface area (Å²) in [6.07, 6.45) is 12.5. The molecule has 0 bridgehead atoms. The number of rotatable bonds is 4. The van der Waals surface area contributed by atoms with Crippen LogP contribution in [0, 0.1) is 0 Å². The maximum atomic E-state index is 10.6. The zero-order valence-corrected chi connectivity index (χ0v) is 18.7. The Bertz CT molecular complexity index is 1080. The summed E-state index contributed by atoms with van der Waals surface area (Å²) in [5, 5.41) is 15.2. The molecule has 5 rings (SSSR count). The summed E-state index contributed by atoms with van der Waals surface area (Å²) < 4.78 is 2.35. The van der Waals surface area contributed by atoms with Gasteiger partial charge in [-0.1, -0.05) is 36.9 Å². The van der Waals surface area contributed by atoms with E-state index in [4.69, 9.17) is 23.8 Å². The predicted octanol–water partition coefficient (Wildman–Crippen LogP) is 5.92. The van der Waals surface area contributed by atoms with Crippen LogP contribution in [0.2, 0.25) is 5.02 Å². The molecule has 2 fully saturated rings. The highest BCUT2D eigenvalue weighted by atomic mass is 35.5. The van der Waals surface area contributed by atoms with Crippen LogP contribution in [-0.2, 0) is 0 Å². The highest BCUT2D eigenvalue weighted by molar-refractivity contribution is 7.80. The standard InChI is InChI=1S/C24H25ClN4OS/c25-17-9-10-21(30)20(14-17)29-23(22(27-24(29)31)19-8-4-5-12-26-19)16-11-13-28(15-16)18-6-2-1-3-7-18/h4-5,8-15,18,22-23,30H,1-3,6-7H2,(H,27,31)/t22-,23+/m0/s1. The second kappa shape index (κ2) is 8.52. The quantitative estimate of drug-likeness (QED) is 0.481. The molecule has 160 valence electrons. The molecule has 2 atom stereocenters. The van der Waals surface area contributed by atoms with E-state index < -0.39 is 0 Å². The van der Waals surface area contributed by atoms with Crippen LogP contribution in [0.1, 0.15) is 61.5 Å². The average Bonchev–Trinajstić information content (AvgIpc) is 3.41. The first-order chi connectivity index (χ1) is 15.1. The van der Waals surface area contributed by atoms with Gasteiger partial charge in [-0.15, -0.1) is 0 Å². The highest BCUT2D eigenvalue weighted by Gasteiger charge is 2.42. The van der Waals surface area contributed by atoms with E-state index in [1.165, 1.54) is 32.1 Å². The number of benzene rings is 1. The fourth-order valence-electron chi connectivity index (χ4n) is 4.85. The first kappa shape index (κ1) is 20.3.